The van der Waals surface area contributed by atoms with Crippen molar-refractivity contribution >= 4 is 5.82 Å². The summed E-state index contributed by atoms with van der Waals surface area (Å²) < 4.78 is 12.8. The van der Waals surface area contributed by atoms with Crippen LogP contribution in [0, 0.1) is 5.82 Å². The maximum absolute atomic E-state index is 12.8. The Kier molecular flexibility index (Phi) is 4.25. The van der Waals surface area contributed by atoms with Crippen molar-refractivity contribution in [2.45, 2.75) is 12.5 Å². The van der Waals surface area contributed by atoms with E-state index in [2.05, 4.69) is 10.3 Å². The van der Waals surface area contributed by atoms with Gasteiger partial charge in [0, 0.05) is 6.20 Å². The topological polar surface area (TPSA) is 45.1 Å². The highest BCUT2D eigenvalue weighted by Crippen LogP contribution is 2.09. The van der Waals surface area contributed by atoms with E-state index >= 15 is 0 Å². The molecule has 0 saturated carbocycles. The van der Waals surface area contributed by atoms with Gasteiger partial charge in [-0.3, -0.25) is 0 Å². The maximum Gasteiger partial charge on any atom is 0.126 e. The molecule has 1 aromatic heterocycles. The van der Waals surface area contributed by atoms with Crippen molar-refractivity contribution in [2.24, 2.45) is 0 Å². The molecular formula is C14H15FN2O. The molecule has 2 N–H and O–H groups in total. The number of nitrogens with zero attached hydrogens (tertiary/aromatic N) is 1. The zero-order chi connectivity index (χ0) is 12.8. The first-order valence-corrected chi connectivity index (χ1v) is 5.81. The predicted octanol–water partition coefficient (Wildman–Crippen LogP) is 2.24. The molecule has 0 saturated heterocycles. The Morgan fingerprint density at radius 2 is 1.94 bits per heavy atom. The summed E-state index contributed by atoms with van der Waals surface area (Å²) in [5.74, 6) is 0.468. The molecule has 94 valence electrons. The Labute approximate surface area is 105 Å². The number of hydrogen-bond donors (Lipinski definition) is 2. The molecule has 1 heterocycles. The highest BCUT2D eigenvalue weighted by atomic mass is 19.1. The first kappa shape index (κ1) is 12.5. The lowest BCUT2D eigenvalue weighted by Gasteiger charge is -2.16. The molecule has 0 aliphatic rings. The van der Waals surface area contributed by atoms with Gasteiger partial charge < -0.3 is 10.4 Å². The Morgan fingerprint density at radius 3 is 2.56 bits per heavy atom. The zero-order valence-electron chi connectivity index (χ0n) is 9.88. The van der Waals surface area contributed by atoms with E-state index in [1.54, 1.807) is 18.3 Å². The predicted molar refractivity (Wildman–Crippen MR) is 68.8 cm³/mol. The molecule has 2 aromatic rings. The lowest BCUT2D eigenvalue weighted by atomic mass is 10.1. The minimum Gasteiger partial charge on any atom is -0.394 e. The highest BCUT2D eigenvalue weighted by Gasteiger charge is 2.08. The van der Waals surface area contributed by atoms with Crippen LogP contribution in [0.25, 0.3) is 0 Å². The minimum absolute atomic E-state index is 0.00600. The van der Waals surface area contributed by atoms with Gasteiger partial charge in [-0.15, -0.1) is 0 Å². The number of anilines is 1. The molecule has 1 aromatic carbocycles. The number of aliphatic hydroxyl groups is 1. The Morgan fingerprint density at radius 1 is 1.17 bits per heavy atom. The molecule has 18 heavy (non-hydrogen) atoms. The lowest BCUT2D eigenvalue weighted by Crippen LogP contribution is -2.26. The van der Waals surface area contributed by atoms with Crippen molar-refractivity contribution < 1.29 is 9.50 Å². The van der Waals surface area contributed by atoms with Crippen molar-refractivity contribution in [3.8, 4) is 0 Å². The third kappa shape index (κ3) is 3.53. The third-order valence-corrected chi connectivity index (χ3v) is 2.63. The van der Waals surface area contributed by atoms with Crippen molar-refractivity contribution in [2.75, 3.05) is 11.9 Å². The highest BCUT2D eigenvalue weighted by molar-refractivity contribution is 5.35. The van der Waals surface area contributed by atoms with E-state index in [1.807, 2.05) is 18.2 Å². The Bertz CT molecular complexity index is 473. The minimum atomic E-state index is -0.253. The fraction of sp³-hybridized carbons (Fsp3) is 0.214. The summed E-state index contributed by atoms with van der Waals surface area (Å²) in [5.41, 5.74) is 0.971. The summed E-state index contributed by atoms with van der Waals surface area (Å²) in [7, 11) is 0. The number of rotatable bonds is 5. The number of aliphatic hydroxyl groups excluding tert-OH is 1. The zero-order valence-corrected chi connectivity index (χ0v) is 9.88. The quantitative estimate of drug-likeness (QED) is 0.850. The van der Waals surface area contributed by atoms with Crippen molar-refractivity contribution in [1.29, 1.82) is 0 Å². The van der Waals surface area contributed by atoms with Crippen LogP contribution >= 0.6 is 0 Å². The van der Waals surface area contributed by atoms with Gasteiger partial charge in [0.1, 0.15) is 11.6 Å². The van der Waals surface area contributed by atoms with Gasteiger partial charge in [0.15, 0.2) is 0 Å². The van der Waals surface area contributed by atoms with Crippen molar-refractivity contribution in [3.63, 3.8) is 0 Å². The normalized spacial score (nSPS) is 12.1. The monoisotopic (exact) mass is 246 g/mol. The van der Waals surface area contributed by atoms with E-state index in [0.29, 0.717) is 6.42 Å². The molecule has 0 aliphatic heterocycles. The number of pyridine rings is 1. The SMILES string of the molecule is OCC(Cc1ccc(F)cc1)Nc1ccccn1. The van der Waals surface area contributed by atoms with E-state index in [0.717, 1.165) is 11.4 Å². The fourth-order valence-corrected chi connectivity index (χ4v) is 1.72. The second-order valence-corrected chi connectivity index (χ2v) is 4.07. The number of hydrogen-bond acceptors (Lipinski definition) is 3. The van der Waals surface area contributed by atoms with Crippen LogP contribution in [0.3, 0.4) is 0 Å². The summed E-state index contributed by atoms with van der Waals surface area (Å²) >= 11 is 0. The van der Waals surface area contributed by atoms with Gasteiger partial charge in [-0.1, -0.05) is 18.2 Å². The smallest absolute Gasteiger partial charge is 0.126 e. The van der Waals surface area contributed by atoms with Crippen LogP contribution in [0.5, 0.6) is 0 Å². The lowest BCUT2D eigenvalue weighted by molar-refractivity contribution is 0.273. The largest absolute Gasteiger partial charge is 0.394 e. The van der Waals surface area contributed by atoms with Crippen LogP contribution in [-0.4, -0.2) is 22.7 Å². The van der Waals surface area contributed by atoms with E-state index < -0.39 is 0 Å². The molecule has 0 spiro atoms. The van der Waals surface area contributed by atoms with Crippen LogP contribution in [0.2, 0.25) is 0 Å². The summed E-state index contributed by atoms with van der Waals surface area (Å²) in [6.07, 6.45) is 2.31. The van der Waals surface area contributed by atoms with Gasteiger partial charge in [-0.25, -0.2) is 9.37 Å². The third-order valence-electron chi connectivity index (χ3n) is 2.63. The first-order valence-electron chi connectivity index (χ1n) is 5.81. The molecule has 0 radical (unpaired) electrons. The Hall–Kier alpha value is -1.94. The number of benzene rings is 1. The van der Waals surface area contributed by atoms with Gasteiger partial charge in [-0.2, -0.15) is 0 Å². The van der Waals surface area contributed by atoms with Crippen LogP contribution in [0.4, 0.5) is 10.2 Å². The molecule has 0 aliphatic carbocycles. The number of aromatic nitrogens is 1. The first-order chi connectivity index (χ1) is 8.78. The Balaban J connectivity index is 1.99. The standard InChI is InChI=1S/C14H15FN2O/c15-12-6-4-11(5-7-12)9-13(10-18)17-14-3-1-2-8-16-14/h1-8,13,18H,9-10H2,(H,16,17). The summed E-state index contributed by atoms with van der Waals surface area (Å²) in [6.45, 7) is -0.00600. The van der Waals surface area contributed by atoms with Crippen LogP contribution < -0.4 is 5.32 Å². The van der Waals surface area contributed by atoms with Crippen LogP contribution in [-0.2, 0) is 6.42 Å². The molecular weight excluding hydrogens is 231 g/mol. The van der Waals surface area contributed by atoms with E-state index in [1.165, 1.54) is 12.1 Å². The molecule has 0 fully saturated rings. The van der Waals surface area contributed by atoms with E-state index in [-0.39, 0.29) is 18.5 Å². The summed E-state index contributed by atoms with van der Waals surface area (Å²) in [4.78, 5) is 4.14. The van der Waals surface area contributed by atoms with E-state index in [4.69, 9.17) is 0 Å². The second-order valence-electron chi connectivity index (χ2n) is 4.07. The molecule has 4 heteroatoms. The summed E-state index contributed by atoms with van der Waals surface area (Å²) in [6, 6.07) is 11.7. The average Bonchev–Trinajstić information content (AvgIpc) is 2.41. The fourth-order valence-electron chi connectivity index (χ4n) is 1.72. The summed E-state index contributed by atoms with van der Waals surface area (Å²) in [5, 5.41) is 12.5. The molecule has 1 unspecified atom stereocenters. The van der Waals surface area contributed by atoms with Crippen molar-refractivity contribution in [1.82, 2.24) is 4.98 Å². The molecule has 0 bridgehead atoms. The van der Waals surface area contributed by atoms with Gasteiger partial charge >= 0.3 is 0 Å². The molecule has 0 amide bonds. The molecule has 2 rings (SSSR count). The second kappa shape index (κ2) is 6.12. The van der Waals surface area contributed by atoms with Gasteiger partial charge in [0.2, 0.25) is 0 Å². The average molecular weight is 246 g/mol. The van der Waals surface area contributed by atoms with Crippen LogP contribution in [0.15, 0.2) is 48.7 Å². The molecule has 3 nitrogen and oxygen atoms in total. The maximum atomic E-state index is 12.8. The van der Waals surface area contributed by atoms with Crippen molar-refractivity contribution in [3.05, 3.63) is 60.0 Å². The molecule has 1 atom stereocenters. The van der Waals surface area contributed by atoms with Gasteiger partial charge in [-0.05, 0) is 36.2 Å². The van der Waals surface area contributed by atoms with Gasteiger partial charge in [0.05, 0.1) is 12.6 Å². The van der Waals surface area contributed by atoms with Gasteiger partial charge in [0.25, 0.3) is 0 Å². The number of nitrogens with one attached hydrogen (secondary N) is 1. The van der Waals surface area contributed by atoms with Crippen LogP contribution in [0.1, 0.15) is 5.56 Å². The van der Waals surface area contributed by atoms with E-state index in [9.17, 15) is 9.50 Å². The number of halogens is 1.